The predicted molar refractivity (Wildman–Crippen MR) is 87.8 cm³/mol. The molecule has 1 aromatic carbocycles. The molecule has 0 aliphatic heterocycles. The number of fused-ring (bicyclic) bond motifs is 1. The number of halogens is 2. The lowest BCUT2D eigenvalue weighted by Gasteiger charge is -2.03. The van der Waals surface area contributed by atoms with Crippen LogP contribution in [0.1, 0.15) is 17.0 Å². The van der Waals surface area contributed by atoms with Crippen molar-refractivity contribution in [3.63, 3.8) is 0 Å². The van der Waals surface area contributed by atoms with Crippen molar-refractivity contribution < 1.29 is 19.0 Å². The van der Waals surface area contributed by atoms with Crippen LogP contribution in [0.25, 0.3) is 10.2 Å². The number of rotatable bonds is 3. The molecule has 24 heavy (non-hydrogen) atoms. The summed E-state index contributed by atoms with van der Waals surface area (Å²) in [5.41, 5.74) is 0.707. The number of H-pyrrole nitrogens is 1. The van der Waals surface area contributed by atoms with Crippen molar-refractivity contribution >= 4 is 39.3 Å². The number of aromatic amines is 1. The molecule has 0 unspecified atom stereocenters. The van der Waals surface area contributed by atoms with Gasteiger partial charge in [-0.3, -0.25) is 4.79 Å². The highest BCUT2D eigenvalue weighted by atomic mass is 35.5. The highest BCUT2D eigenvalue weighted by Crippen LogP contribution is 2.34. The van der Waals surface area contributed by atoms with Crippen molar-refractivity contribution in [3.05, 3.63) is 56.3 Å². The Bertz CT molecular complexity index is 1010. The third kappa shape index (κ3) is 3.10. The molecule has 124 valence electrons. The summed E-state index contributed by atoms with van der Waals surface area (Å²) < 4.78 is 17.9. The number of aryl methyl sites for hydroxylation is 1. The molecule has 0 fully saturated rings. The van der Waals surface area contributed by atoms with E-state index in [9.17, 15) is 14.0 Å². The number of ether oxygens (including phenoxy) is 1. The van der Waals surface area contributed by atoms with Crippen LogP contribution in [0.4, 0.5) is 9.18 Å². The first-order chi connectivity index (χ1) is 11.3. The SMILES string of the molecule is Cc1c(OC(=O)O)sc2nc(Cc3ccc(F)c(Cl)c3)[nH]c(=O)c12. The third-order valence-corrected chi connectivity index (χ3v) is 4.69. The van der Waals surface area contributed by atoms with Crippen LogP contribution in [-0.4, -0.2) is 21.2 Å². The summed E-state index contributed by atoms with van der Waals surface area (Å²) in [4.78, 5) is 30.3. The summed E-state index contributed by atoms with van der Waals surface area (Å²) in [6, 6.07) is 4.24. The van der Waals surface area contributed by atoms with Gasteiger partial charge in [0.1, 0.15) is 16.5 Å². The number of carbonyl (C=O) groups is 1. The van der Waals surface area contributed by atoms with E-state index in [0.717, 1.165) is 11.3 Å². The molecule has 0 bridgehead atoms. The first-order valence-corrected chi connectivity index (χ1v) is 7.91. The lowest BCUT2D eigenvalue weighted by atomic mass is 10.1. The normalized spacial score (nSPS) is 11.0. The van der Waals surface area contributed by atoms with Gasteiger partial charge in [-0.25, -0.2) is 14.2 Å². The molecule has 0 spiro atoms. The Morgan fingerprint density at radius 2 is 2.25 bits per heavy atom. The van der Waals surface area contributed by atoms with E-state index in [1.165, 1.54) is 12.1 Å². The van der Waals surface area contributed by atoms with E-state index in [-0.39, 0.29) is 21.9 Å². The van der Waals surface area contributed by atoms with Gasteiger partial charge >= 0.3 is 6.16 Å². The van der Waals surface area contributed by atoms with Crippen LogP contribution >= 0.6 is 22.9 Å². The second-order valence-electron chi connectivity index (χ2n) is 5.00. The van der Waals surface area contributed by atoms with Gasteiger partial charge in [0.2, 0.25) is 0 Å². The number of benzene rings is 1. The molecule has 0 aliphatic rings. The number of nitrogens with zero attached hydrogens (tertiary/aromatic N) is 1. The zero-order chi connectivity index (χ0) is 17.4. The summed E-state index contributed by atoms with van der Waals surface area (Å²) in [6.07, 6.45) is -1.21. The first kappa shape index (κ1) is 16.4. The molecule has 0 saturated carbocycles. The number of hydrogen-bond donors (Lipinski definition) is 2. The van der Waals surface area contributed by atoms with Crippen LogP contribution in [0.5, 0.6) is 5.06 Å². The van der Waals surface area contributed by atoms with Crippen molar-refractivity contribution in [2.45, 2.75) is 13.3 Å². The highest BCUT2D eigenvalue weighted by molar-refractivity contribution is 7.20. The van der Waals surface area contributed by atoms with Gasteiger partial charge in [0.05, 0.1) is 10.4 Å². The second-order valence-corrected chi connectivity index (χ2v) is 6.37. The molecule has 0 aliphatic carbocycles. The Kier molecular flexibility index (Phi) is 4.25. The van der Waals surface area contributed by atoms with Crippen molar-refractivity contribution in [2.75, 3.05) is 0 Å². The lowest BCUT2D eigenvalue weighted by Crippen LogP contribution is -2.12. The maximum atomic E-state index is 13.2. The molecule has 0 amide bonds. The van der Waals surface area contributed by atoms with E-state index < -0.39 is 17.5 Å². The quantitative estimate of drug-likeness (QED) is 0.687. The summed E-state index contributed by atoms with van der Waals surface area (Å²) in [6.45, 7) is 1.59. The van der Waals surface area contributed by atoms with Gasteiger partial charge in [-0.05, 0) is 24.6 Å². The molecule has 2 N–H and O–H groups in total. The van der Waals surface area contributed by atoms with Crippen LogP contribution in [-0.2, 0) is 6.42 Å². The molecule has 6 nitrogen and oxygen atoms in total. The smallest absolute Gasteiger partial charge is 0.449 e. The predicted octanol–water partition coefficient (Wildman–Crippen LogP) is 3.73. The zero-order valence-electron chi connectivity index (χ0n) is 12.2. The van der Waals surface area contributed by atoms with Gasteiger partial charge < -0.3 is 14.8 Å². The highest BCUT2D eigenvalue weighted by Gasteiger charge is 2.17. The van der Waals surface area contributed by atoms with Crippen molar-refractivity contribution in [3.8, 4) is 5.06 Å². The van der Waals surface area contributed by atoms with Crippen molar-refractivity contribution in [2.24, 2.45) is 0 Å². The van der Waals surface area contributed by atoms with Crippen LogP contribution in [0, 0.1) is 12.7 Å². The molecular weight excluding hydrogens is 359 g/mol. The number of thiophene rings is 1. The van der Waals surface area contributed by atoms with Crippen LogP contribution in [0.2, 0.25) is 5.02 Å². The van der Waals surface area contributed by atoms with E-state index in [0.29, 0.717) is 21.8 Å². The fraction of sp³-hybridized carbons (Fsp3) is 0.133. The fourth-order valence-electron chi connectivity index (χ4n) is 2.27. The van der Waals surface area contributed by atoms with Gasteiger partial charge in [0.15, 0.2) is 5.06 Å². The second kappa shape index (κ2) is 6.21. The van der Waals surface area contributed by atoms with Crippen molar-refractivity contribution in [1.82, 2.24) is 9.97 Å². The minimum Gasteiger partial charge on any atom is -0.449 e. The van der Waals surface area contributed by atoms with Gasteiger partial charge in [-0.2, -0.15) is 0 Å². The maximum absolute atomic E-state index is 13.2. The molecule has 0 radical (unpaired) electrons. The Morgan fingerprint density at radius 1 is 1.50 bits per heavy atom. The summed E-state index contributed by atoms with van der Waals surface area (Å²) >= 11 is 6.72. The largest absolute Gasteiger partial charge is 0.512 e. The Hall–Kier alpha value is -2.45. The van der Waals surface area contributed by atoms with E-state index >= 15 is 0 Å². The van der Waals surface area contributed by atoms with Gasteiger partial charge in [0.25, 0.3) is 5.56 Å². The first-order valence-electron chi connectivity index (χ1n) is 6.72. The van der Waals surface area contributed by atoms with Gasteiger partial charge in [-0.15, -0.1) is 0 Å². The number of aromatic nitrogens is 2. The molecule has 2 heterocycles. The average Bonchev–Trinajstić information content (AvgIpc) is 2.79. The average molecular weight is 369 g/mol. The minimum atomic E-state index is -1.46. The molecule has 3 rings (SSSR count). The molecular formula is C15H10ClFN2O4S. The summed E-state index contributed by atoms with van der Waals surface area (Å²) in [5.74, 6) is -0.167. The van der Waals surface area contributed by atoms with Gasteiger partial charge in [-0.1, -0.05) is 29.0 Å². The van der Waals surface area contributed by atoms with Crippen LogP contribution in [0.3, 0.4) is 0 Å². The van der Waals surface area contributed by atoms with E-state index in [2.05, 4.69) is 14.7 Å². The van der Waals surface area contributed by atoms with E-state index in [4.69, 9.17) is 16.7 Å². The standard InChI is InChI=1S/C15H10ClFN2O4S/c1-6-11-12(20)18-10(5-7-2-3-9(17)8(16)4-7)19-13(11)24-14(6)23-15(21)22/h2-4H,5H2,1H3,(H,21,22)(H,18,19,20). The number of carboxylic acid groups (broad SMARTS) is 1. The Morgan fingerprint density at radius 3 is 2.92 bits per heavy atom. The molecule has 3 aromatic rings. The van der Waals surface area contributed by atoms with E-state index in [1.807, 2.05) is 0 Å². The minimum absolute atomic E-state index is 0.0139. The maximum Gasteiger partial charge on any atom is 0.512 e. The van der Waals surface area contributed by atoms with E-state index in [1.54, 1.807) is 13.0 Å². The van der Waals surface area contributed by atoms with Gasteiger partial charge in [0, 0.05) is 12.0 Å². The third-order valence-electron chi connectivity index (χ3n) is 3.34. The molecule has 0 saturated heterocycles. The number of nitrogens with one attached hydrogen (secondary N) is 1. The Labute approximate surface area is 143 Å². The topological polar surface area (TPSA) is 92.3 Å². The monoisotopic (exact) mass is 368 g/mol. The van der Waals surface area contributed by atoms with Crippen molar-refractivity contribution in [1.29, 1.82) is 0 Å². The lowest BCUT2D eigenvalue weighted by molar-refractivity contribution is 0.145. The summed E-state index contributed by atoms with van der Waals surface area (Å²) in [7, 11) is 0. The molecule has 9 heteroatoms. The number of hydrogen-bond acceptors (Lipinski definition) is 5. The molecule has 2 aromatic heterocycles. The summed E-state index contributed by atoms with van der Waals surface area (Å²) in [5, 5.41) is 9.10. The fourth-order valence-corrected chi connectivity index (χ4v) is 3.52. The van der Waals surface area contributed by atoms with Crippen LogP contribution in [0.15, 0.2) is 23.0 Å². The van der Waals surface area contributed by atoms with Crippen LogP contribution < -0.4 is 10.3 Å². The zero-order valence-corrected chi connectivity index (χ0v) is 13.8. The Balaban J connectivity index is 2.02. The molecule has 0 atom stereocenters.